The summed E-state index contributed by atoms with van der Waals surface area (Å²) in [6.07, 6.45) is 23.3. The topological polar surface area (TPSA) is 43.1 Å². The van der Waals surface area contributed by atoms with Crippen LogP contribution in [-0.2, 0) is 0 Å². The Labute approximate surface area is 180 Å². The summed E-state index contributed by atoms with van der Waals surface area (Å²) in [5.74, 6) is 0.949. The Morgan fingerprint density at radius 3 is 2.28 bits per heavy atom. The average Bonchev–Trinajstić information content (AvgIpc) is 3.42. The van der Waals surface area contributed by atoms with Crippen molar-refractivity contribution in [3.05, 3.63) is 41.1 Å². The maximum absolute atomic E-state index is 12.2. The zero-order valence-corrected chi connectivity index (χ0v) is 18.9. The number of rotatable bonds is 17. The monoisotopic (exact) mass is 415 g/mol. The standard InChI is InChI=1S/C25H37NO2S/c1-2-3-4-5-6-7-8-9-10-11-12-13-14-15-16-17-23(27)25-26-20-24(28-25)22-18-19-29-21-22/h9-10,18-21H,2-8,11-17H2,1H3. The lowest BCUT2D eigenvalue weighted by Gasteiger charge is -2.00. The second-order valence-corrected chi connectivity index (χ2v) is 8.58. The van der Waals surface area contributed by atoms with Gasteiger partial charge in [-0.2, -0.15) is 11.3 Å². The van der Waals surface area contributed by atoms with E-state index in [0.29, 0.717) is 12.2 Å². The van der Waals surface area contributed by atoms with Gasteiger partial charge in [-0.15, -0.1) is 0 Å². The number of hydrogen-bond donors (Lipinski definition) is 0. The van der Waals surface area contributed by atoms with Crippen molar-refractivity contribution in [2.24, 2.45) is 0 Å². The Bertz CT molecular complexity index is 688. The molecule has 2 rings (SSSR count). The van der Waals surface area contributed by atoms with Gasteiger partial charge in [0.2, 0.25) is 5.78 Å². The molecule has 160 valence electrons. The first kappa shape index (κ1) is 23.6. The number of aromatic nitrogens is 1. The van der Waals surface area contributed by atoms with Crippen molar-refractivity contribution in [1.82, 2.24) is 4.98 Å². The lowest BCUT2D eigenvalue weighted by Crippen LogP contribution is -1.98. The second kappa shape index (κ2) is 15.2. The first-order chi connectivity index (χ1) is 14.3. The summed E-state index contributed by atoms with van der Waals surface area (Å²) in [4.78, 5) is 16.3. The molecule has 29 heavy (non-hydrogen) atoms. The average molecular weight is 416 g/mol. The minimum absolute atomic E-state index is 0.0177. The SMILES string of the molecule is CCCCCCCCC=CCCCCCCCC(=O)c1ncc(-c2ccsc2)o1. The summed E-state index contributed by atoms with van der Waals surface area (Å²) in [5.41, 5.74) is 0.988. The van der Waals surface area contributed by atoms with Crippen LogP contribution >= 0.6 is 11.3 Å². The fourth-order valence-corrected chi connectivity index (χ4v) is 4.05. The highest BCUT2D eigenvalue weighted by molar-refractivity contribution is 7.08. The number of thiophene rings is 1. The molecule has 0 fully saturated rings. The summed E-state index contributed by atoms with van der Waals surface area (Å²) in [6.45, 7) is 2.27. The molecule has 0 bridgehead atoms. The first-order valence-electron chi connectivity index (χ1n) is 11.5. The minimum atomic E-state index is 0.0177. The van der Waals surface area contributed by atoms with Gasteiger partial charge in [0.1, 0.15) is 0 Å². The minimum Gasteiger partial charge on any atom is -0.434 e. The number of carbonyl (C=O) groups excluding carboxylic acids is 1. The molecule has 0 N–H and O–H groups in total. The Kier molecular flexibility index (Phi) is 12.4. The van der Waals surface area contributed by atoms with Crippen molar-refractivity contribution in [2.45, 2.75) is 96.8 Å². The molecule has 3 nitrogen and oxygen atoms in total. The molecule has 0 saturated heterocycles. The molecule has 0 aliphatic carbocycles. The van der Waals surface area contributed by atoms with Gasteiger partial charge in [-0.1, -0.05) is 70.4 Å². The van der Waals surface area contributed by atoms with Crippen LogP contribution in [0.15, 0.2) is 39.6 Å². The smallest absolute Gasteiger partial charge is 0.263 e. The predicted molar refractivity (Wildman–Crippen MR) is 124 cm³/mol. The molecule has 0 aliphatic rings. The van der Waals surface area contributed by atoms with Crippen molar-refractivity contribution in [3.8, 4) is 11.3 Å². The number of allylic oxidation sites excluding steroid dienone is 2. The van der Waals surface area contributed by atoms with E-state index in [4.69, 9.17) is 4.42 Å². The molecule has 2 aromatic heterocycles. The maximum Gasteiger partial charge on any atom is 0.263 e. The molecular weight excluding hydrogens is 378 g/mol. The molecule has 0 amide bonds. The van der Waals surface area contributed by atoms with Crippen molar-refractivity contribution < 1.29 is 9.21 Å². The van der Waals surface area contributed by atoms with E-state index >= 15 is 0 Å². The normalized spacial score (nSPS) is 11.5. The van der Waals surface area contributed by atoms with Gasteiger partial charge in [-0.05, 0) is 43.6 Å². The van der Waals surface area contributed by atoms with E-state index in [-0.39, 0.29) is 11.7 Å². The Balaban J connectivity index is 1.42. The van der Waals surface area contributed by atoms with E-state index in [1.54, 1.807) is 17.5 Å². The first-order valence-corrected chi connectivity index (χ1v) is 12.4. The predicted octanol–water partition coefficient (Wildman–Crippen LogP) is 8.62. The molecular formula is C25H37NO2S. The number of carbonyl (C=O) groups is 1. The largest absolute Gasteiger partial charge is 0.434 e. The van der Waals surface area contributed by atoms with Crippen molar-refractivity contribution in [1.29, 1.82) is 0 Å². The zero-order valence-electron chi connectivity index (χ0n) is 18.0. The van der Waals surface area contributed by atoms with Gasteiger partial charge in [0, 0.05) is 17.4 Å². The third-order valence-corrected chi connectivity index (χ3v) is 5.90. The zero-order chi connectivity index (χ0) is 20.6. The van der Waals surface area contributed by atoms with E-state index < -0.39 is 0 Å². The fourth-order valence-electron chi connectivity index (χ4n) is 3.40. The summed E-state index contributed by atoms with van der Waals surface area (Å²) in [5, 5.41) is 3.99. The number of Topliss-reactive ketones (excluding diaryl/α,β-unsaturated/α-hetero) is 1. The van der Waals surface area contributed by atoms with Crippen molar-refractivity contribution in [2.75, 3.05) is 0 Å². The molecule has 0 atom stereocenters. The van der Waals surface area contributed by atoms with Gasteiger partial charge >= 0.3 is 0 Å². The van der Waals surface area contributed by atoms with Crippen LogP contribution in [0.3, 0.4) is 0 Å². The van der Waals surface area contributed by atoms with Crippen LogP contribution in [0.1, 0.15) is 108 Å². The molecule has 2 heterocycles. The summed E-state index contributed by atoms with van der Waals surface area (Å²) >= 11 is 1.61. The molecule has 2 aromatic rings. The molecule has 0 spiro atoms. The quantitative estimate of drug-likeness (QED) is 0.147. The maximum atomic E-state index is 12.2. The number of nitrogens with zero attached hydrogens (tertiary/aromatic N) is 1. The highest BCUT2D eigenvalue weighted by Crippen LogP contribution is 2.23. The third kappa shape index (κ3) is 10.1. The van der Waals surface area contributed by atoms with Crippen molar-refractivity contribution >= 4 is 17.1 Å². The van der Waals surface area contributed by atoms with Crippen LogP contribution in [0.25, 0.3) is 11.3 Å². The van der Waals surface area contributed by atoms with Crippen molar-refractivity contribution in [3.63, 3.8) is 0 Å². The fraction of sp³-hybridized carbons (Fsp3) is 0.600. The molecule has 0 aliphatic heterocycles. The van der Waals surface area contributed by atoms with Crippen LogP contribution < -0.4 is 0 Å². The molecule has 4 heteroatoms. The lowest BCUT2D eigenvalue weighted by molar-refractivity contribution is 0.0946. The molecule has 0 aromatic carbocycles. The summed E-state index contributed by atoms with van der Waals surface area (Å²) < 4.78 is 5.60. The third-order valence-electron chi connectivity index (χ3n) is 5.22. The Hall–Kier alpha value is -1.68. The Morgan fingerprint density at radius 2 is 1.62 bits per heavy atom. The number of hydrogen-bond acceptors (Lipinski definition) is 4. The lowest BCUT2D eigenvalue weighted by atomic mass is 10.1. The van der Waals surface area contributed by atoms with Gasteiger partial charge in [-0.25, -0.2) is 4.98 Å². The van der Waals surface area contributed by atoms with Crippen LogP contribution in [-0.4, -0.2) is 10.8 Å². The van der Waals surface area contributed by atoms with Crippen LogP contribution in [0.4, 0.5) is 0 Å². The number of unbranched alkanes of at least 4 members (excludes halogenated alkanes) is 11. The van der Waals surface area contributed by atoms with E-state index in [9.17, 15) is 4.79 Å². The van der Waals surface area contributed by atoms with Crippen LogP contribution in [0.5, 0.6) is 0 Å². The number of ketones is 1. The van der Waals surface area contributed by atoms with E-state index in [1.807, 2.05) is 16.8 Å². The van der Waals surface area contributed by atoms with Gasteiger partial charge in [0.25, 0.3) is 5.89 Å². The van der Waals surface area contributed by atoms with Crippen LogP contribution in [0.2, 0.25) is 0 Å². The Morgan fingerprint density at radius 1 is 0.966 bits per heavy atom. The van der Waals surface area contributed by atoms with Gasteiger partial charge < -0.3 is 4.42 Å². The summed E-state index contributed by atoms with van der Waals surface area (Å²) in [6, 6.07) is 1.98. The van der Waals surface area contributed by atoms with Gasteiger partial charge in [0.15, 0.2) is 5.76 Å². The highest BCUT2D eigenvalue weighted by atomic mass is 32.1. The molecule has 0 saturated carbocycles. The van der Waals surface area contributed by atoms with E-state index in [0.717, 1.165) is 18.4 Å². The van der Waals surface area contributed by atoms with Crippen LogP contribution in [0, 0.1) is 0 Å². The highest BCUT2D eigenvalue weighted by Gasteiger charge is 2.13. The van der Waals surface area contributed by atoms with Gasteiger partial charge in [-0.3, -0.25) is 4.79 Å². The second-order valence-electron chi connectivity index (χ2n) is 7.80. The molecule has 0 radical (unpaired) electrons. The van der Waals surface area contributed by atoms with E-state index in [2.05, 4.69) is 24.1 Å². The van der Waals surface area contributed by atoms with E-state index in [1.165, 1.54) is 70.6 Å². The number of oxazole rings is 1. The summed E-state index contributed by atoms with van der Waals surface area (Å²) in [7, 11) is 0. The molecule has 0 unspecified atom stereocenters. The van der Waals surface area contributed by atoms with Gasteiger partial charge in [0.05, 0.1) is 6.20 Å².